The van der Waals surface area contributed by atoms with Crippen LogP contribution >= 0.6 is 11.3 Å². The maximum absolute atomic E-state index is 12.0. The molecule has 7 heteroatoms. The van der Waals surface area contributed by atoms with Gasteiger partial charge in [-0.2, -0.15) is 12.7 Å². The number of carbonyl (C=O) groups excluding carboxylic acids is 1. The van der Waals surface area contributed by atoms with Gasteiger partial charge in [0.05, 0.1) is 4.88 Å². The van der Waals surface area contributed by atoms with Crippen LogP contribution in [0.15, 0.2) is 6.07 Å². The molecule has 1 aliphatic rings. The zero-order chi connectivity index (χ0) is 14.0. The van der Waals surface area contributed by atoms with Crippen LogP contribution in [0.2, 0.25) is 0 Å². The summed E-state index contributed by atoms with van der Waals surface area (Å²) in [6.07, 6.45) is 3.82. The minimum Gasteiger partial charge on any atom is -0.267 e. The lowest BCUT2D eigenvalue weighted by atomic mass is 10.2. The molecule has 2 rings (SSSR count). The second-order valence-electron chi connectivity index (χ2n) is 4.67. The van der Waals surface area contributed by atoms with Gasteiger partial charge in [-0.1, -0.05) is 6.92 Å². The summed E-state index contributed by atoms with van der Waals surface area (Å²) >= 11 is 1.40. The van der Waals surface area contributed by atoms with Gasteiger partial charge in [-0.05, 0) is 37.3 Å². The summed E-state index contributed by atoms with van der Waals surface area (Å²) in [5, 5.41) is 0. The molecule has 5 nitrogen and oxygen atoms in total. The summed E-state index contributed by atoms with van der Waals surface area (Å²) in [7, 11) is -2.26. The number of thiophene rings is 1. The van der Waals surface area contributed by atoms with Gasteiger partial charge in [0.2, 0.25) is 0 Å². The van der Waals surface area contributed by atoms with Crippen LogP contribution in [0.3, 0.4) is 0 Å². The lowest BCUT2D eigenvalue weighted by molar-refractivity contribution is 0.0983. The number of aryl methyl sites for hydroxylation is 2. The Hall–Kier alpha value is -0.920. The van der Waals surface area contributed by atoms with E-state index in [0.717, 1.165) is 23.6 Å². The van der Waals surface area contributed by atoms with Gasteiger partial charge in [0, 0.05) is 18.5 Å². The van der Waals surface area contributed by atoms with Gasteiger partial charge in [-0.25, -0.2) is 4.72 Å². The van der Waals surface area contributed by atoms with Crippen LogP contribution in [-0.2, 0) is 23.1 Å². The Bertz CT molecular complexity index is 556. The Kier molecular flexibility index (Phi) is 4.27. The van der Waals surface area contributed by atoms with E-state index in [1.54, 1.807) is 0 Å². The lowest BCUT2D eigenvalue weighted by Gasteiger charge is -2.16. The summed E-state index contributed by atoms with van der Waals surface area (Å²) in [5.41, 5.74) is 1.19. The number of nitrogens with zero attached hydrogens (tertiary/aromatic N) is 1. The van der Waals surface area contributed by atoms with Crippen LogP contribution in [0.4, 0.5) is 0 Å². The normalized spacial score (nSPS) is 14.7. The van der Waals surface area contributed by atoms with E-state index >= 15 is 0 Å². The number of hydrogen-bond donors (Lipinski definition) is 1. The van der Waals surface area contributed by atoms with Gasteiger partial charge in [0.15, 0.2) is 0 Å². The average Bonchev–Trinajstić information content (AvgIpc) is 2.88. The molecule has 0 atom stereocenters. The van der Waals surface area contributed by atoms with Crippen molar-refractivity contribution in [3.8, 4) is 0 Å². The Morgan fingerprint density at radius 1 is 1.47 bits per heavy atom. The third-order valence-corrected chi connectivity index (χ3v) is 5.82. The molecule has 0 fully saturated rings. The molecule has 1 aromatic heterocycles. The van der Waals surface area contributed by atoms with E-state index < -0.39 is 16.1 Å². The van der Waals surface area contributed by atoms with Gasteiger partial charge in [-0.3, -0.25) is 4.79 Å². The number of rotatable bonds is 5. The highest BCUT2D eigenvalue weighted by atomic mass is 32.2. The maximum Gasteiger partial charge on any atom is 0.303 e. The van der Waals surface area contributed by atoms with Gasteiger partial charge < -0.3 is 0 Å². The van der Waals surface area contributed by atoms with Gasteiger partial charge in [-0.15, -0.1) is 11.3 Å². The summed E-state index contributed by atoms with van der Waals surface area (Å²) in [6, 6.07) is 1.82. The Balaban J connectivity index is 2.08. The third-order valence-electron chi connectivity index (χ3n) is 3.14. The standard InChI is InChI=1S/C12H18N2O3S2/c1-3-7-14(2)19(16,17)13-12(15)11-8-9-5-4-6-10(9)18-11/h8H,3-7H2,1-2H3,(H,13,15). The summed E-state index contributed by atoms with van der Waals surface area (Å²) in [5.74, 6) is -0.526. The second-order valence-corrected chi connectivity index (χ2v) is 7.58. The molecular weight excluding hydrogens is 284 g/mol. The van der Waals surface area contributed by atoms with Crippen molar-refractivity contribution in [3.63, 3.8) is 0 Å². The number of nitrogens with one attached hydrogen (secondary N) is 1. The molecule has 0 radical (unpaired) electrons. The molecular formula is C12H18N2O3S2. The monoisotopic (exact) mass is 302 g/mol. The van der Waals surface area contributed by atoms with Crippen molar-refractivity contribution in [2.45, 2.75) is 32.6 Å². The first kappa shape index (κ1) is 14.5. The van der Waals surface area contributed by atoms with Crippen LogP contribution in [0, 0.1) is 0 Å². The largest absolute Gasteiger partial charge is 0.303 e. The van der Waals surface area contributed by atoms with Crippen LogP contribution in [0.5, 0.6) is 0 Å². The van der Waals surface area contributed by atoms with Crippen LogP contribution in [-0.4, -0.2) is 32.2 Å². The van der Waals surface area contributed by atoms with E-state index in [0.29, 0.717) is 17.8 Å². The van der Waals surface area contributed by atoms with Crippen LogP contribution < -0.4 is 4.72 Å². The SMILES string of the molecule is CCCN(C)S(=O)(=O)NC(=O)c1cc2c(s1)CCC2. The molecule has 1 amide bonds. The number of hydrogen-bond acceptors (Lipinski definition) is 4. The fourth-order valence-corrected chi connectivity index (χ4v) is 4.26. The third kappa shape index (κ3) is 3.16. The van der Waals surface area contributed by atoms with Crippen molar-refractivity contribution < 1.29 is 13.2 Å². The van der Waals surface area contributed by atoms with E-state index in [2.05, 4.69) is 4.72 Å². The van der Waals surface area contributed by atoms with Crippen molar-refractivity contribution in [1.82, 2.24) is 9.03 Å². The molecule has 19 heavy (non-hydrogen) atoms. The van der Waals surface area contributed by atoms with Crippen molar-refractivity contribution in [3.05, 3.63) is 21.4 Å². The predicted octanol–water partition coefficient (Wildman–Crippen LogP) is 1.55. The molecule has 0 saturated carbocycles. The smallest absolute Gasteiger partial charge is 0.267 e. The summed E-state index contributed by atoms with van der Waals surface area (Å²) in [4.78, 5) is 13.7. The second kappa shape index (κ2) is 5.60. The number of fused-ring (bicyclic) bond motifs is 1. The average molecular weight is 302 g/mol. The predicted molar refractivity (Wildman–Crippen MR) is 75.7 cm³/mol. The molecule has 1 aliphatic carbocycles. The summed E-state index contributed by atoms with van der Waals surface area (Å²) in [6.45, 7) is 2.28. The Morgan fingerprint density at radius 2 is 2.21 bits per heavy atom. The Morgan fingerprint density at radius 3 is 2.84 bits per heavy atom. The number of carbonyl (C=O) groups is 1. The molecule has 0 aromatic carbocycles. The quantitative estimate of drug-likeness (QED) is 0.897. The fourth-order valence-electron chi connectivity index (χ4n) is 2.12. The maximum atomic E-state index is 12.0. The molecule has 0 spiro atoms. The van der Waals surface area contributed by atoms with Gasteiger partial charge in [0.25, 0.3) is 5.91 Å². The molecule has 1 N–H and O–H groups in total. The minimum absolute atomic E-state index is 0.392. The van der Waals surface area contributed by atoms with Crippen molar-refractivity contribution >= 4 is 27.5 Å². The van der Waals surface area contributed by atoms with Gasteiger partial charge in [0.1, 0.15) is 0 Å². The van der Waals surface area contributed by atoms with E-state index in [1.807, 2.05) is 13.0 Å². The molecule has 0 unspecified atom stereocenters. The first-order chi connectivity index (χ1) is 8.94. The van der Waals surface area contributed by atoms with E-state index in [1.165, 1.54) is 28.8 Å². The van der Waals surface area contributed by atoms with Crippen LogP contribution in [0.1, 0.15) is 39.9 Å². The highest BCUT2D eigenvalue weighted by Crippen LogP contribution is 2.30. The van der Waals surface area contributed by atoms with Crippen LogP contribution in [0.25, 0.3) is 0 Å². The van der Waals surface area contributed by atoms with Crippen molar-refractivity contribution in [2.75, 3.05) is 13.6 Å². The first-order valence-electron chi connectivity index (χ1n) is 6.34. The highest BCUT2D eigenvalue weighted by molar-refractivity contribution is 7.87. The zero-order valence-corrected chi connectivity index (χ0v) is 12.7. The fraction of sp³-hybridized carbons (Fsp3) is 0.583. The molecule has 0 saturated heterocycles. The van der Waals surface area contributed by atoms with Crippen molar-refractivity contribution in [2.24, 2.45) is 0 Å². The Labute approximate surface area is 117 Å². The molecule has 1 heterocycles. The van der Waals surface area contributed by atoms with E-state index in [-0.39, 0.29) is 0 Å². The lowest BCUT2D eigenvalue weighted by Crippen LogP contribution is -2.41. The molecule has 0 bridgehead atoms. The van der Waals surface area contributed by atoms with E-state index in [4.69, 9.17) is 0 Å². The molecule has 1 aromatic rings. The minimum atomic E-state index is -3.72. The zero-order valence-electron chi connectivity index (χ0n) is 11.1. The number of amides is 1. The van der Waals surface area contributed by atoms with Crippen molar-refractivity contribution in [1.29, 1.82) is 0 Å². The topological polar surface area (TPSA) is 66.5 Å². The molecule has 0 aliphatic heterocycles. The van der Waals surface area contributed by atoms with E-state index in [9.17, 15) is 13.2 Å². The first-order valence-corrected chi connectivity index (χ1v) is 8.59. The highest BCUT2D eigenvalue weighted by Gasteiger charge is 2.24. The van der Waals surface area contributed by atoms with Gasteiger partial charge >= 0.3 is 10.2 Å². The molecule has 106 valence electrons. The summed E-state index contributed by atoms with van der Waals surface area (Å²) < 4.78 is 27.0.